The third kappa shape index (κ3) is 7.82. The molecule has 1 aliphatic rings. The number of methoxy groups -OCH3 is 2. The van der Waals surface area contributed by atoms with Crippen molar-refractivity contribution in [3.05, 3.63) is 72.3 Å². The van der Waals surface area contributed by atoms with Crippen LogP contribution in [0.2, 0.25) is 0 Å². The molecular weight excluding hydrogens is 522 g/mol. The number of urea groups is 1. The van der Waals surface area contributed by atoms with Crippen molar-refractivity contribution >= 4 is 34.7 Å². The molecule has 10 heteroatoms. The van der Waals surface area contributed by atoms with Gasteiger partial charge < -0.3 is 40.0 Å². The highest BCUT2D eigenvalue weighted by Crippen LogP contribution is 2.31. The number of rotatable bonds is 12. The predicted molar refractivity (Wildman–Crippen MR) is 163 cm³/mol. The number of carbonyl (C=O) groups is 2. The topological polar surface area (TPSA) is 104 Å². The SMILES string of the molecule is CCOc1ccccc1NC(=O)Nc1ccc(N2CCN(c3ccccc3OC)CC2)c(C(=O)NCCCOC)c1. The molecule has 41 heavy (non-hydrogen) atoms. The summed E-state index contributed by atoms with van der Waals surface area (Å²) < 4.78 is 16.3. The molecule has 0 unspecified atom stereocenters. The summed E-state index contributed by atoms with van der Waals surface area (Å²) in [6.45, 7) is 6.42. The Kier molecular flexibility index (Phi) is 10.7. The highest BCUT2D eigenvalue weighted by atomic mass is 16.5. The van der Waals surface area contributed by atoms with E-state index >= 15 is 0 Å². The monoisotopic (exact) mass is 561 g/mol. The molecule has 3 N–H and O–H groups in total. The van der Waals surface area contributed by atoms with Crippen LogP contribution in [0, 0.1) is 0 Å². The van der Waals surface area contributed by atoms with Crippen molar-refractivity contribution in [2.24, 2.45) is 0 Å². The van der Waals surface area contributed by atoms with Gasteiger partial charge in [0.25, 0.3) is 5.91 Å². The Morgan fingerprint density at radius 2 is 1.51 bits per heavy atom. The van der Waals surface area contributed by atoms with Gasteiger partial charge in [0.2, 0.25) is 0 Å². The molecule has 10 nitrogen and oxygen atoms in total. The van der Waals surface area contributed by atoms with Gasteiger partial charge >= 0.3 is 6.03 Å². The van der Waals surface area contributed by atoms with Crippen LogP contribution >= 0.6 is 0 Å². The van der Waals surface area contributed by atoms with E-state index in [-0.39, 0.29) is 5.91 Å². The van der Waals surface area contributed by atoms with Gasteiger partial charge in [-0.15, -0.1) is 0 Å². The first kappa shape index (κ1) is 29.5. The average Bonchev–Trinajstić information content (AvgIpc) is 3.00. The van der Waals surface area contributed by atoms with E-state index in [1.54, 1.807) is 32.4 Å². The van der Waals surface area contributed by atoms with Crippen molar-refractivity contribution in [2.75, 3.05) is 80.6 Å². The van der Waals surface area contributed by atoms with Gasteiger partial charge in [-0.1, -0.05) is 24.3 Å². The predicted octanol–water partition coefficient (Wildman–Crippen LogP) is 4.83. The summed E-state index contributed by atoms with van der Waals surface area (Å²) in [5, 5.41) is 8.68. The van der Waals surface area contributed by atoms with Crippen molar-refractivity contribution in [2.45, 2.75) is 13.3 Å². The Hall–Kier alpha value is -4.44. The number of piperazine rings is 1. The van der Waals surface area contributed by atoms with Crippen LogP contribution in [0.25, 0.3) is 0 Å². The molecule has 1 fully saturated rings. The lowest BCUT2D eigenvalue weighted by atomic mass is 10.1. The van der Waals surface area contributed by atoms with E-state index < -0.39 is 6.03 Å². The fourth-order valence-electron chi connectivity index (χ4n) is 4.80. The van der Waals surface area contributed by atoms with E-state index in [0.29, 0.717) is 48.9 Å². The molecule has 0 atom stereocenters. The minimum absolute atomic E-state index is 0.200. The largest absolute Gasteiger partial charge is 0.495 e. The maximum absolute atomic E-state index is 13.3. The first-order valence-corrected chi connectivity index (χ1v) is 13.9. The summed E-state index contributed by atoms with van der Waals surface area (Å²) in [5.74, 6) is 1.23. The standard InChI is InChI=1S/C31H39N5O5/c1-4-41-28-12-7-5-10-25(28)34-31(38)33-23-14-15-26(24(22-23)30(37)32-16-9-21-39-2)35-17-19-36(20-18-35)27-11-6-8-13-29(27)40-3/h5-8,10-15,22H,4,9,16-21H2,1-3H3,(H,32,37)(H2,33,34,38). The highest BCUT2D eigenvalue weighted by molar-refractivity contribution is 6.04. The van der Waals surface area contributed by atoms with E-state index in [0.717, 1.165) is 43.3 Å². The number of ether oxygens (including phenoxy) is 3. The first-order chi connectivity index (χ1) is 20.0. The number of nitrogens with one attached hydrogen (secondary N) is 3. The maximum Gasteiger partial charge on any atom is 0.323 e. The molecule has 218 valence electrons. The summed E-state index contributed by atoms with van der Waals surface area (Å²) >= 11 is 0. The van der Waals surface area contributed by atoms with Gasteiger partial charge in [0.15, 0.2) is 0 Å². The summed E-state index contributed by atoms with van der Waals surface area (Å²) in [6.07, 6.45) is 0.703. The quantitative estimate of drug-likeness (QED) is 0.272. The number of benzene rings is 3. The van der Waals surface area contributed by atoms with Crippen LogP contribution in [0.3, 0.4) is 0 Å². The van der Waals surface area contributed by atoms with Gasteiger partial charge in [0, 0.05) is 57.8 Å². The van der Waals surface area contributed by atoms with E-state index in [1.807, 2.05) is 49.4 Å². The van der Waals surface area contributed by atoms with Crippen LogP contribution in [0.4, 0.5) is 27.5 Å². The zero-order valence-corrected chi connectivity index (χ0v) is 23.9. The van der Waals surface area contributed by atoms with E-state index in [4.69, 9.17) is 14.2 Å². The van der Waals surface area contributed by atoms with Gasteiger partial charge in [0.05, 0.1) is 30.7 Å². The molecule has 1 aliphatic heterocycles. The molecule has 4 rings (SSSR count). The molecule has 1 heterocycles. The third-order valence-corrected chi connectivity index (χ3v) is 6.79. The number of para-hydroxylation sites is 4. The van der Waals surface area contributed by atoms with Gasteiger partial charge in [-0.2, -0.15) is 0 Å². The summed E-state index contributed by atoms with van der Waals surface area (Å²) in [7, 11) is 3.32. The van der Waals surface area contributed by atoms with Crippen LogP contribution in [-0.2, 0) is 4.74 Å². The number of amides is 3. The summed E-state index contributed by atoms with van der Waals surface area (Å²) in [6, 6.07) is 20.2. The number of hydrogen-bond donors (Lipinski definition) is 3. The zero-order chi connectivity index (χ0) is 29.0. The van der Waals surface area contributed by atoms with Crippen molar-refractivity contribution in [1.29, 1.82) is 0 Å². The number of anilines is 4. The van der Waals surface area contributed by atoms with Crippen molar-refractivity contribution in [3.63, 3.8) is 0 Å². The molecule has 0 saturated carbocycles. The minimum Gasteiger partial charge on any atom is -0.495 e. The number of hydrogen-bond acceptors (Lipinski definition) is 7. The van der Waals surface area contributed by atoms with Crippen molar-refractivity contribution in [3.8, 4) is 11.5 Å². The number of carbonyl (C=O) groups excluding carboxylic acids is 2. The fraction of sp³-hybridized carbons (Fsp3) is 0.355. The normalized spacial score (nSPS) is 13.0. The van der Waals surface area contributed by atoms with Crippen molar-refractivity contribution in [1.82, 2.24) is 5.32 Å². The van der Waals surface area contributed by atoms with E-state index in [2.05, 4.69) is 31.8 Å². The zero-order valence-electron chi connectivity index (χ0n) is 23.9. The highest BCUT2D eigenvalue weighted by Gasteiger charge is 2.24. The average molecular weight is 562 g/mol. The van der Waals surface area contributed by atoms with Crippen LogP contribution in [0.1, 0.15) is 23.7 Å². The third-order valence-electron chi connectivity index (χ3n) is 6.79. The van der Waals surface area contributed by atoms with Gasteiger partial charge in [-0.25, -0.2) is 4.79 Å². The van der Waals surface area contributed by atoms with Gasteiger partial charge in [-0.05, 0) is 55.8 Å². The molecule has 0 spiro atoms. The second-order valence-corrected chi connectivity index (χ2v) is 9.49. The lowest BCUT2D eigenvalue weighted by molar-refractivity contribution is 0.0949. The minimum atomic E-state index is -0.429. The molecule has 0 bridgehead atoms. The molecule has 0 radical (unpaired) electrons. The Balaban J connectivity index is 1.50. The maximum atomic E-state index is 13.3. The molecule has 0 aromatic heterocycles. The van der Waals surface area contributed by atoms with Crippen LogP contribution in [0.5, 0.6) is 11.5 Å². The second-order valence-electron chi connectivity index (χ2n) is 9.49. The summed E-state index contributed by atoms with van der Waals surface area (Å²) in [4.78, 5) is 30.7. The second kappa shape index (κ2) is 14.8. The van der Waals surface area contributed by atoms with Crippen LogP contribution < -0.4 is 35.2 Å². The van der Waals surface area contributed by atoms with Crippen molar-refractivity contribution < 1.29 is 23.8 Å². The lowest BCUT2D eigenvalue weighted by Gasteiger charge is -2.38. The van der Waals surface area contributed by atoms with Crippen LogP contribution in [-0.4, -0.2) is 72.1 Å². The fourth-order valence-corrected chi connectivity index (χ4v) is 4.80. The van der Waals surface area contributed by atoms with E-state index in [1.165, 1.54) is 0 Å². The van der Waals surface area contributed by atoms with Gasteiger partial charge in [0.1, 0.15) is 11.5 Å². The molecule has 3 aromatic carbocycles. The molecule has 3 amide bonds. The van der Waals surface area contributed by atoms with E-state index in [9.17, 15) is 9.59 Å². The van der Waals surface area contributed by atoms with Crippen LogP contribution in [0.15, 0.2) is 66.7 Å². The van der Waals surface area contributed by atoms with Gasteiger partial charge in [-0.3, -0.25) is 4.79 Å². The summed E-state index contributed by atoms with van der Waals surface area (Å²) in [5.41, 5.74) is 3.45. The first-order valence-electron chi connectivity index (χ1n) is 13.9. The lowest BCUT2D eigenvalue weighted by Crippen LogP contribution is -2.47. The molecule has 1 saturated heterocycles. The Morgan fingerprint density at radius 1 is 0.829 bits per heavy atom. The Morgan fingerprint density at radius 3 is 2.22 bits per heavy atom. The molecular formula is C31H39N5O5. The molecule has 3 aromatic rings. The smallest absolute Gasteiger partial charge is 0.323 e. The number of nitrogens with zero attached hydrogens (tertiary/aromatic N) is 2. The Bertz CT molecular complexity index is 1310. The Labute approximate surface area is 241 Å². The molecule has 0 aliphatic carbocycles.